The second-order valence-electron chi connectivity index (χ2n) is 6.99. The number of benzene rings is 2. The predicted octanol–water partition coefficient (Wildman–Crippen LogP) is 4.85. The molecule has 0 saturated carbocycles. The van der Waals surface area contributed by atoms with Crippen LogP contribution in [0.15, 0.2) is 69.9 Å². The summed E-state index contributed by atoms with van der Waals surface area (Å²) < 4.78 is 2.29. The molecule has 4 rings (SSSR count). The molecule has 0 aliphatic rings. The summed E-state index contributed by atoms with van der Waals surface area (Å²) in [5.74, 6) is 0.0455. The summed E-state index contributed by atoms with van der Waals surface area (Å²) in [7, 11) is 0. The van der Waals surface area contributed by atoms with Crippen molar-refractivity contribution >= 4 is 44.9 Å². The van der Waals surface area contributed by atoms with Crippen molar-refractivity contribution in [1.82, 2.24) is 9.55 Å². The number of aromatic nitrogens is 2. The molecule has 0 radical (unpaired) electrons. The number of amides is 1. The van der Waals surface area contributed by atoms with Crippen LogP contribution in [0.3, 0.4) is 0 Å². The molecular formula is C23H21N3O2S2. The normalized spacial score (nSPS) is 11.0. The lowest BCUT2D eigenvalue weighted by atomic mass is 10.1. The van der Waals surface area contributed by atoms with Crippen molar-refractivity contribution in [2.75, 3.05) is 11.1 Å². The summed E-state index contributed by atoms with van der Waals surface area (Å²) in [5, 5.41) is 5.38. The van der Waals surface area contributed by atoms with Crippen LogP contribution >= 0.6 is 23.1 Å². The number of nitrogens with zero attached hydrogens (tertiary/aromatic N) is 2. The fourth-order valence-corrected chi connectivity index (χ4v) is 4.72. The monoisotopic (exact) mass is 435 g/mol. The molecule has 0 atom stereocenters. The van der Waals surface area contributed by atoms with E-state index in [0.29, 0.717) is 21.9 Å². The highest BCUT2D eigenvalue weighted by Crippen LogP contribution is 2.23. The Labute approximate surface area is 182 Å². The van der Waals surface area contributed by atoms with Crippen molar-refractivity contribution in [1.29, 1.82) is 0 Å². The minimum absolute atomic E-state index is 0.0729. The Morgan fingerprint density at radius 2 is 1.90 bits per heavy atom. The first-order valence-corrected chi connectivity index (χ1v) is 11.4. The second-order valence-corrected chi connectivity index (χ2v) is 8.85. The minimum atomic E-state index is -0.125. The lowest BCUT2D eigenvalue weighted by molar-refractivity contribution is -0.113. The largest absolute Gasteiger partial charge is 0.325 e. The number of hydrogen-bond donors (Lipinski definition) is 1. The highest BCUT2D eigenvalue weighted by Gasteiger charge is 2.15. The SMILES string of the molecule is Cc1cccc(NC(=O)CSc2nc3ccsc3c(=O)n2Cc2ccccc2)c1C. The van der Waals surface area contributed by atoms with Gasteiger partial charge >= 0.3 is 0 Å². The van der Waals surface area contributed by atoms with Crippen LogP contribution in [0.2, 0.25) is 0 Å². The Balaban J connectivity index is 1.58. The summed E-state index contributed by atoms with van der Waals surface area (Å²) >= 11 is 2.67. The first-order valence-electron chi connectivity index (χ1n) is 9.54. The van der Waals surface area contributed by atoms with Crippen molar-refractivity contribution in [3.8, 4) is 0 Å². The van der Waals surface area contributed by atoms with Gasteiger partial charge in [0.05, 0.1) is 17.8 Å². The Morgan fingerprint density at radius 1 is 1.10 bits per heavy atom. The zero-order valence-electron chi connectivity index (χ0n) is 16.7. The zero-order chi connectivity index (χ0) is 21.1. The number of thiophene rings is 1. The number of anilines is 1. The molecule has 30 heavy (non-hydrogen) atoms. The van der Waals surface area contributed by atoms with Gasteiger partial charge in [0, 0.05) is 5.69 Å². The molecule has 2 aromatic carbocycles. The molecule has 1 N–H and O–H groups in total. The van der Waals surface area contributed by atoms with Crippen molar-refractivity contribution < 1.29 is 4.79 Å². The number of aryl methyl sites for hydroxylation is 1. The van der Waals surface area contributed by atoms with Gasteiger partial charge in [0.1, 0.15) is 4.70 Å². The lowest BCUT2D eigenvalue weighted by Gasteiger charge is -2.13. The van der Waals surface area contributed by atoms with Crippen molar-refractivity contribution in [3.05, 3.63) is 87.0 Å². The van der Waals surface area contributed by atoms with Crippen molar-refractivity contribution in [2.24, 2.45) is 0 Å². The molecule has 0 saturated heterocycles. The van der Waals surface area contributed by atoms with Crippen molar-refractivity contribution in [3.63, 3.8) is 0 Å². The maximum atomic E-state index is 13.1. The van der Waals surface area contributed by atoms with Gasteiger partial charge in [-0.1, -0.05) is 54.2 Å². The third kappa shape index (κ3) is 4.32. The van der Waals surface area contributed by atoms with E-state index >= 15 is 0 Å². The molecule has 1 amide bonds. The van der Waals surface area contributed by atoms with E-state index in [1.165, 1.54) is 23.1 Å². The van der Waals surface area contributed by atoms with Gasteiger partial charge in [0.15, 0.2) is 5.16 Å². The van der Waals surface area contributed by atoms with Gasteiger partial charge in [-0.05, 0) is 48.1 Å². The van der Waals surface area contributed by atoms with Gasteiger partial charge in [-0.2, -0.15) is 0 Å². The van der Waals surface area contributed by atoms with E-state index in [-0.39, 0.29) is 17.2 Å². The molecule has 0 spiro atoms. The van der Waals surface area contributed by atoms with E-state index < -0.39 is 0 Å². The van der Waals surface area contributed by atoms with E-state index in [2.05, 4.69) is 10.3 Å². The van der Waals surface area contributed by atoms with Crippen LogP contribution in [0, 0.1) is 13.8 Å². The van der Waals surface area contributed by atoms with Crippen molar-refractivity contribution in [2.45, 2.75) is 25.5 Å². The predicted molar refractivity (Wildman–Crippen MR) is 125 cm³/mol. The number of fused-ring (bicyclic) bond motifs is 1. The Morgan fingerprint density at radius 3 is 2.70 bits per heavy atom. The standard InChI is InChI=1S/C23H21N3O2S2/c1-15-7-6-10-18(16(15)2)24-20(27)14-30-23-25-19-11-12-29-21(19)22(28)26(23)13-17-8-4-3-5-9-17/h3-12H,13-14H2,1-2H3,(H,24,27). The summed E-state index contributed by atoms with van der Waals surface area (Å²) in [6.45, 7) is 4.42. The lowest BCUT2D eigenvalue weighted by Crippen LogP contribution is -2.24. The molecule has 152 valence electrons. The number of thioether (sulfide) groups is 1. The van der Waals surface area contributed by atoms with Gasteiger partial charge in [-0.25, -0.2) is 4.98 Å². The molecule has 0 bridgehead atoms. The third-order valence-electron chi connectivity index (χ3n) is 4.93. The smallest absolute Gasteiger partial charge is 0.272 e. The quantitative estimate of drug-likeness (QED) is 0.347. The summed E-state index contributed by atoms with van der Waals surface area (Å²) in [6, 6.07) is 17.5. The second kappa shape index (κ2) is 8.85. The highest BCUT2D eigenvalue weighted by molar-refractivity contribution is 7.99. The molecule has 4 aromatic rings. The maximum absolute atomic E-state index is 13.1. The Bertz CT molecular complexity index is 1260. The average molecular weight is 436 g/mol. The zero-order valence-corrected chi connectivity index (χ0v) is 18.3. The molecule has 0 fully saturated rings. The van der Waals surface area contributed by atoms with Gasteiger partial charge in [0.25, 0.3) is 5.56 Å². The number of carbonyl (C=O) groups is 1. The molecule has 5 nitrogen and oxygen atoms in total. The molecular weight excluding hydrogens is 414 g/mol. The molecule has 0 unspecified atom stereocenters. The van der Waals surface area contributed by atoms with Crippen LogP contribution in [-0.2, 0) is 11.3 Å². The maximum Gasteiger partial charge on any atom is 0.272 e. The van der Waals surface area contributed by atoms with Gasteiger partial charge in [0.2, 0.25) is 5.91 Å². The summed E-state index contributed by atoms with van der Waals surface area (Å²) in [6.07, 6.45) is 0. The minimum Gasteiger partial charge on any atom is -0.325 e. The van der Waals surface area contributed by atoms with Gasteiger partial charge in [-0.15, -0.1) is 11.3 Å². The van der Waals surface area contributed by atoms with Crippen LogP contribution in [0.5, 0.6) is 0 Å². The number of rotatable bonds is 6. The molecule has 2 aromatic heterocycles. The number of nitrogens with one attached hydrogen (secondary N) is 1. The van der Waals surface area contributed by atoms with Crippen LogP contribution in [0.4, 0.5) is 5.69 Å². The van der Waals surface area contributed by atoms with E-state index in [9.17, 15) is 9.59 Å². The highest BCUT2D eigenvalue weighted by atomic mass is 32.2. The molecule has 7 heteroatoms. The summed E-state index contributed by atoms with van der Waals surface area (Å²) in [4.78, 5) is 30.3. The van der Waals surface area contributed by atoms with Crippen LogP contribution in [-0.4, -0.2) is 21.2 Å². The Hall–Kier alpha value is -2.90. The molecule has 0 aliphatic heterocycles. The van der Waals surface area contributed by atoms with E-state index in [4.69, 9.17) is 0 Å². The van der Waals surface area contributed by atoms with Crippen LogP contribution < -0.4 is 10.9 Å². The Kier molecular flexibility index (Phi) is 6.01. The van der Waals surface area contributed by atoms with Crippen LogP contribution in [0.1, 0.15) is 16.7 Å². The average Bonchev–Trinajstić information content (AvgIpc) is 3.22. The number of carbonyl (C=O) groups excluding carboxylic acids is 1. The van der Waals surface area contributed by atoms with E-state index in [0.717, 1.165) is 22.4 Å². The fourth-order valence-electron chi connectivity index (χ4n) is 3.14. The summed E-state index contributed by atoms with van der Waals surface area (Å²) in [5.41, 5.74) is 4.60. The third-order valence-corrected chi connectivity index (χ3v) is 6.79. The van der Waals surface area contributed by atoms with E-state index in [1.807, 2.05) is 73.8 Å². The van der Waals surface area contributed by atoms with Gasteiger partial charge < -0.3 is 5.32 Å². The van der Waals surface area contributed by atoms with E-state index in [1.54, 1.807) is 4.57 Å². The fraction of sp³-hybridized carbons (Fsp3) is 0.174. The molecule has 2 heterocycles. The van der Waals surface area contributed by atoms with Crippen LogP contribution in [0.25, 0.3) is 10.2 Å². The van der Waals surface area contributed by atoms with Gasteiger partial charge in [-0.3, -0.25) is 14.2 Å². The first kappa shape index (κ1) is 20.4. The number of hydrogen-bond acceptors (Lipinski definition) is 5. The molecule has 0 aliphatic carbocycles. The first-order chi connectivity index (χ1) is 14.5. The topological polar surface area (TPSA) is 64.0 Å².